The van der Waals surface area contributed by atoms with Crippen molar-refractivity contribution >= 4 is 21.7 Å². The summed E-state index contributed by atoms with van der Waals surface area (Å²) in [5.41, 5.74) is 4.19. The van der Waals surface area contributed by atoms with Crippen molar-refractivity contribution in [3.05, 3.63) is 57.7 Å². The molecule has 1 atom stereocenters. The molecule has 1 aromatic heterocycles. The van der Waals surface area contributed by atoms with Crippen molar-refractivity contribution in [3.63, 3.8) is 0 Å². The van der Waals surface area contributed by atoms with E-state index in [1.807, 2.05) is 6.20 Å². The number of pyridine rings is 1. The molecule has 0 spiro atoms. The van der Waals surface area contributed by atoms with Gasteiger partial charge < -0.3 is 5.32 Å². The summed E-state index contributed by atoms with van der Waals surface area (Å²) in [6.45, 7) is 2.09. The summed E-state index contributed by atoms with van der Waals surface area (Å²) in [6, 6.07) is 11.3. The molecular formula is C16H17BrN2. The summed E-state index contributed by atoms with van der Waals surface area (Å²) in [6.07, 6.45) is 5.29. The molecule has 98 valence electrons. The van der Waals surface area contributed by atoms with E-state index in [0.717, 1.165) is 23.1 Å². The van der Waals surface area contributed by atoms with Crippen molar-refractivity contribution in [1.82, 2.24) is 4.98 Å². The van der Waals surface area contributed by atoms with Gasteiger partial charge in [-0.25, -0.2) is 4.98 Å². The normalized spacial score (nSPS) is 17.9. The number of nitrogens with one attached hydrogen (secondary N) is 1. The minimum atomic E-state index is 0.489. The Morgan fingerprint density at radius 1 is 1.26 bits per heavy atom. The molecule has 3 heteroatoms. The highest BCUT2D eigenvalue weighted by Gasteiger charge is 2.18. The number of hydrogen-bond acceptors (Lipinski definition) is 2. The SMILES string of the molecule is Cc1cc(NC2CCc3ccccc3C2)ncc1Br. The number of halogens is 1. The van der Waals surface area contributed by atoms with Crippen molar-refractivity contribution in [2.45, 2.75) is 32.2 Å². The standard InChI is InChI=1S/C16H17BrN2/c1-11-8-16(18-10-15(11)17)19-14-7-6-12-4-2-3-5-13(12)9-14/h2-5,8,10,14H,6-7,9H2,1H3,(H,18,19). The molecule has 0 amide bonds. The van der Waals surface area contributed by atoms with Crippen molar-refractivity contribution in [2.75, 3.05) is 5.32 Å². The van der Waals surface area contributed by atoms with Gasteiger partial charge in [-0.05, 0) is 64.9 Å². The number of aryl methyl sites for hydroxylation is 2. The van der Waals surface area contributed by atoms with Gasteiger partial charge in [0.2, 0.25) is 0 Å². The zero-order valence-electron chi connectivity index (χ0n) is 11.0. The summed E-state index contributed by atoms with van der Waals surface area (Å²) in [5.74, 6) is 0.977. The van der Waals surface area contributed by atoms with E-state index in [2.05, 4.69) is 63.5 Å². The molecule has 0 saturated carbocycles. The number of nitrogens with zero attached hydrogens (tertiary/aromatic N) is 1. The van der Waals surface area contributed by atoms with Gasteiger partial charge in [0.15, 0.2) is 0 Å². The van der Waals surface area contributed by atoms with Crippen molar-refractivity contribution in [2.24, 2.45) is 0 Å². The first-order valence-electron chi connectivity index (χ1n) is 6.68. The predicted molar refractivity (Wildman–Crippen MR) is 82.6 cm³/mol. The first-order chi connectivity index (χ1) is 9.22. The molecule has 1 aliphatic carbocycles. The maximum absolute atomic E-state index is 4.43. The number of rotatable bonds is 2. The fourth-order valence-electron chi connectivity index (χ4n) is 2.65. The number of benzene rings is 1. The third-order valence-electron chi connectivity index (χ3n) is 3.75. The molecule has 2 nitrogen and oxygen atoms in total. The molecule has 0 saturated heterocycles. The third kappa shape index (κ3) is 2.81. The lowest BCUT2D eigenvalue weighted by atomic mass is 9.88. The molecule has 1 N–H and O–H groups in total. The predicted octanol–water partition coefficient (Wildman–Crippen LogP) is 4.12. The molecule has 0 fully saturated rings. The lowest BCUT2D eigenvalue weighted by molar-refractivity contribution is 0.609. The summed E-state index contributed by atoms with van der Waals surface area (Å²) < 4.78 is 1.06. The first kappa shape index (κ1) is 12.7. The molecule has 1 aromatic carbocycles. The van der Waals surface area contributed by atoms with E-state index in [4.69, 9.17) is 0 Å². The first-order valence-corrected chi connectivity index (χ1v) is 7.47. The smallest absolute Gasteiger partial charge is 0.126 e. The highest BCUT2D eigenvalue weighted by molar-refractivity contribution is 9.10. The van der Waals surface area contributed by atoms with Gasteiger partial charge in [-0.2, -0.15) is 0 Å². The maximum atomic E-state index is 4.43. The molecule has 0 bridgehead atoms. The minimum absolute atomic E-state index is 0.489. The number of fused-ring (bicyclic) bond motifs is 1. The molecule has 0 radical (unpaired) electrons. The average molecular weight is 317 g/mol. The van der Waals surface area contributed by atoms with Gasteiger partial charge in [-0.15, -0.1) is 0 Å². The molecular weight excluding hydrogens is 300 g/mol. The van der Waals surface area contributed by atoms with Crippen LogP contribution in [0.25, 0.3) is 0 Å². The second-order valence-corrected chi connectivity index (χ2v) is 6.03. The Morgan fingerprint density at radius 2 is 2.05 bits per heavy atom. The molecule has 0 aliphatic heterocycles. The molecule has 1 heterocycles. The van der Waals surface area contributed by atoms with Crippen LogP contribution < -0.4 is 5.32 Å². The fraction of sp³-hybridized carbons (Fsp3) is 0.312. The van der Waals surface area contributed by atoms with Crippen molar-refractivity contribution in [1.29, 1.82) is 0 Å². The minimum Gasteiger partial charge on any atom is -0.367 e. The van der Waals surface area contributed by atoms with Crippen LogP contribution in [0.4, 0.5) is 5.82 Å². The Morgan fingerprint density at radius 3 is 2.84 bits per heavy atom. The Kier molecular flexibility index (Phi) is 3.56. The van der Waals surface area contributed by atoms with Gasteiger partial charge in [0.25, 0.3) is 0 Å². The van der Waals surface area contributed by atoms with E-state index in [-0.39, 0.29) is 0 Å². The number of aromatic nitrogens is 1. The van der Waals surface area contributed by atoms with Gasteiger partial charge in [-0.1, -0.05) is 24.3 Å². The van der Waals surface area contributed by atoms with Crippen LogP contribution in [0.15, 0.2) is 41.0 Å². The van der Waals surface area contributed by atoms with Crippen molar-refractivity contribution < 1.29 is 0 Å². The molecule has 1 aliphatic rings. The molecule has 19 heavy (non-hydrogen) atoms. The summed E-state index contributed by atoms with van der Waals surface area (Å²) in [5, 5.41) is 3.56. The van der Waals surface area contributed by atoms with Crippen LogP contribution >= 0.6 is 15.9 Å². The number of anilines is 1. The van der Waals surface area contributed by atoms with Gasteiger partial charge in [0.1, 0.15) is 5.82 Å². The summed E-state index contributed by atoms with van der Waals surface area (Å²) in [7, 11) is 0. The number of hydrogen-bond donors (Lipinski definition) is 1. The van der Waals surface area contributed by atoms with Crippen LogP contribution in [-0.2, 0) is 12.8 Å². The van der Waals surface area contributed by atoms with Gasteiger partial charge in [0, 0.05) is 16.7 Å². The highest BCUT2D eigenvalue weighted by atomic mass is 79.9. The van der Waals surface area contributed by atoms with Gasteiger partial charge >= 0.3 is 0 Å². The van der Waals surface area contributed by atoms with E-state index in [9.17, 15) is 0 Å². The second kappa shape index (κ2) is 5.33. The zero-order valence-corrected chi connectivity index (χ0v) is 12.6. The second-order valence-electron chi connectivity index (χ2n) is 5.17. The highest BCUT2D eigenvalue weighted by Crippen LogP contribution is 2.24. The van der Waals surface area contributed by atoms with Gasteiger partial charge in [-0.3, -0.25) is 0 Å². The van der Waals surface area contributed by atoms with Crippen LogP contribution in [0.2, 0.25) is 0 Å². The van der Waals surface area contributed by atoms with E-state index in [1.165, 1.54) is 23.1 Å². The quantitative estimate of drug-likeness (QED) is 0.901. The Balaban J connectivity index is 1.73. The van der Waals surface area contributed by atoms with E-state index in [1.54, 1.807) is 0 Å². The largest absolute Gasteiger partial charge is 0.367 e. The molecule has 2 aromatic rings. The van der Waals surface area contributed by atoms with Crippen LogP contribution in [0.3, 0.4) is 0 Å². The molecule has 3 rings (SSSR count). The van der Waals surface area contributed by atoms with Crippen LogP contribution in [-0.4, -0.2) is 11.0 Å². The lowest BCUT2D eigenvalue weighted by Gasteiger charge is -2.26. The van der Waals surface area contributed by atoms with E-state index in [0.29, 0.717) is 6.04 Å². The zero-order chi connectivity index (χ0) is 13.2. The van der Waals surface area contributed by atoms with Crippen LogP contribution in [0.1, 0.15) is 23.1 Å². The molecule has 1 unspecified atom stereocenters. The van der Waals surface area contributed by atoms with Crippen molar-refractivity contribution in [3.8, 4) is 0 Å². The summed E-state index contributed by atoms with van der Waals surface area (Å²) >= 11 is 3.49. The Labute approximate surface area is 122 Å². The summed E-state index contributed by atoms with van der Waals surface area (Å²) in [4.78, 5) is 4.43. The maximum Gasteiger partial charge on any atom is 0.126 e. The lowest BCUT2D eigenvalue weighted by Crippen LogP contribution is -2.27. The van der Waals surface area contributed by atoms with E-state index >= 15 is 0 Å². The van der Waals surface area contributed by atoms with Gasteiger partial charge in [0.05, 0.1) is 0 Å². The average Bonchev–Trinajstić information content (AvgIpc) is 2.43. The Hall–Kier alpha value is -1.35. The fourth-order valence-corrected chi connectivity index (χ4v) is 2.87. The van der Waals surface area contributed by atoms with E-state index < -0.39 is 0 Å². The Bertz CT molecular complexity index is 595. The van der Waals surface area contributed by atoms with Crippen LogP contribution in [0.5, 0.6) is 0 Å². The van der Waals surface area contributed by atoms with Crippen LogP contribution in [0, 0.1) is 6.92 Å². The third-order valence-corrected chi connectivity index (χ3v) is 4.58. The topological polar surface area (TPSA) is 24.9 Å². The monoisotopic (exact) mass is 316 g/mol.